The molecule has 0 aliphatic rings. The summed E-state index contributed by atoms with van der Waals surface area (Å²) in [6, 6.07) is 0. The summed E-state index contributed by atoms with van der Waals surface area (Å²) in [6.45, 7) is 1.70. The summed E-state index contributed by atoms with van der Waals surface area (Å²) in [5, 5.41) is 0. The topological polar surface area (TPSA) is 43.4 Å². The van der Waals surface area contributed by atoms with Gasteiger partial charge in [-0.3, -0.25) is 4.79 Å². The summed E-state index contributed by atoms with van der Waals surface area (Å²) in [7, 11) is -0.644. The number of carbonyl (C=O) groups excluding carboxylic acids is 1. The van der Waals surface area contributed by atoms with Gasteiger partial charge in [0.1, 0.15) is 6.35 Å². The normalized spacial score (nSPS) is 13.1. The molecule has 0 spiro atoms. The van der Waals surface area contributed by atoms with Gasteiger partial charge in [0.25, 0.3) is 0 Å². The van der Waals surface area contributed by atoms with E-state index in [1.54, 1.807) is 6.92 Å². The zero-order valence-electron chi connectivity index (χ0n) is 5.64. The quantitative estimate of drug-likeness (QED) is 0.563. The highest BCUT2D eigenvalue weighted by molar-refractivity contribution is 7.63. The fraction of sp³-hybridized carbons (Fsp3) is 0.800. The molecule has 0 aliphatic carbocycles. The van der Waals surface area contributed by atoms with Gasteiger partial charge in [-0.05, 0) is 0 Å². The highest BCUT2D eigenvalue weighted by Gasteiger charge is 2.06. The standard InChI is InChI=1S/C5H11O3P/c1-3-5(6)9(7)4-8-2/h9H,3-4H2,1-2H3. The summed E-state index contributed by atoms with van der Waals surface area (Å²) in [4.78, 5) is 10.6. The Balaban J connectivity index is 3.60. The lowest BCUT2D eigenvalue weighted by atomic mass is 10.6. The van der Waals surface area contributed by atoms with Gasteiger partial charge in [-0.25, -0.2) is 0 Å². The Morgan fingerprint density at radius 1 is 1.67 bits per heavy atom. The van der Waals surface area contributed by atoms with Crippen molar-refractivity contribution in [3.05, 3.63) is 0 Å². The zero-order chi connectivity index (χ0) is 7.28. The van der Waals surface area contributed by atoms with E-state index in [1.165, 1.54) is 7.11 Å². The van der Waals surface area contributed by atoms with Crippen LogP contribution in [0.3, 0.4) is 0 Å². The Bertz CT molecular complexity index is 121. The molecule has 0 bridgehead atoms. The van der Waals surface area contributed by atoms with Gasteiger partial charge in [-0.1, -0.05) is 6.92 Å². The van der Waals surface area contributed by atoms with Crippen LogP contribution in [0.15, 0.2) is 0 Å². The van der Waals surface area contributed by atoms with Crippen LogP contribution in [0.2, 0.25) is 0 Å². The fourth-order valence-electron chi connectivity index (χ4n) is 0.409. The lowest BCUT2D eigenvalue weighted by molar-refractivity contribution is -0.111. The second kappa shape index (κ2) is 4.71. The van der Waals surface area contributed by atoms with Crippen LogP contribution >= 0.6 is 7.80 Å². The molecule has 0 aromatic heterocycles. The predicted octanol–water partition coefficient (Wildman–Crippen LogP) is 1.09. The van der Waals surface area contributed by atoms with Gasteiger partial charge in [0.15, 0.2) is 13.3 Å². The van der Waals surface area contributed by atoms with Gasteiger partial charge in [0.2, 0.25) is 0 Å². The van der Waals surface area contributed by atoms with E-state index in [-0.39, 0.29) is 11.9 Å². The first-order valence-electron chi connectivity index (χ1n) is 2.77. The third kappa shape index (κ3) is 3.44. The Kier molecular flexibility index (Phi) is 4.64. The van der Waals surface area contributed by atoms with E-state index in [2.05, 4.69) is 4.74 Å². The van der Waals surface area contributed by atoms with Gasteiger partial charge < -0.3 is 9.30 Å². The monoisotopic (exact) mass is 150 g/mol. The van der Waals surface area contributed by atoms with Crippen molar-refractivity contribution in [3.8, 4) is 0 Å². The van der Waals surface area contributed by atoms with Crippen LogP contribution < -0.4 is 0 Å². The van der Waals surface area contributed by atoms with Crippen LogP contribution in [-0.2, 0) is 14.1 Å². The molecule has 0 fully saturated rings. The van der Waals surface area contributed by atoms with Crippen LogP contribution in [0, 0.1) is 0 Å². The average Bonchev–Trinajstić information content (AvgIpc) is 1.87. The van der Waals surface area contributed by atoms with Crippen molar-refractivity contribution >= 4 is 13.3 Å². The summed E-state index contributed by atoms with van der Waals surface area (Å²) >= 11 is 0. The first kappa shape index (κ1) is 8.86. The van der Waals surface area contributed by atoms with Crippen LogP contribution in [0.1, 0.15) is 13.3 Å². The first-order chi connectivity index (χ1) is 4.22. The molecular formula is C5H11O3P. The molecule has 0 N–H and O–H groups in total. The first-order valence-corrected chi connectivity index (χ1v) is 4.38. The SMILES string of the molecule is CCC(=O)[PH](=O)COC. The minimum atomic E-state index is -2.08. The highest BCUT2D eigenvalue weighted by atomic mass is 31.1. The van der Waals surface area contributed by atoms with Crippen LogP contribution in [-0.4, -0.2) is 19.0 Å². The van der Waals surface area contributed by atoms with Crippen LogP contribution in [0.4, 0.5) is 0 Å². The van der Waals surface area contributed by atoms with Crippen LogP contribution in [0.5, 0.6) is 0 Å². The molecule has 0 amide bonds. The number of rotatable bonds is 4. The Hall–Kier alpha value is -0.140. The maximum Gasteiger partial charge on any atom is 0.190 e. The van der Waals surface area contributed by atoms with Crippen molar-refractivity contribution in [2.45, 2.75) is 13.3 Å². The van der Waals surface area contributed by atoms with E-state index in [0.29, 0.717) is 6.42 Å². The molecule has 0 saturated carbocycles. The van der Waals surface area contributed by atoms with Crippen molar-refractivity contribution in [2.75, 3.05) is 13.5 Å². The zero-order valence-corrected chi connectivity index (χ0v) is 6.64. The maximum atomic E-state index is 10.7. The van der Waals surface area contributed by atoms with Crippen molar-refractivity contribution in [2.24, 2.45) is 0 Å². The van der Waals surface area contributed by atoms with Crippen molar-refractivity contribution in [1.29, 1.82) is 0 Å². The molecule has 0 aromatic carbocycles. The largest absolute Gasteiger partial charge is 0.377 e. The molecule has 1 atom stereocenters. The lowest BCUT2D eigenvalue weighted by Crippen LogP contribution is -1.91. The average molecular weight is 150 g/mol. The number of ether oxygens (including phenoxy) is 1. The third-order valence-electron chi connectivity index (χ3n) is 0.908. The molecule has 4 heteroatoms. The third-order valence-corrected chi connectivity index (χ3v) is 2.43. The summed E-state index contributed by atoms with van der Waals surface area (Å²) in [5.74, 6) is 0. The van der Waals surface area contributed by atoms with E-state index in [4.69, 9.17) is 0 Å². The summed E-state index contributed by atoms with van der Waals surface area (Å²) < 4.78 is 15.2. The summed E-state index contributed by atoms with van der Waals surface area (Å²) in [5.41, 5.74) is -0.179. The molecule has 0 aliphatic heterocycles. The van der Waals surface area contributed by atoms with Gasteiger partial charge in [0, 0.05) is 13.5 Å². The molecular weight excluding hydrogens is 139 g/mol. The molecule has 1 unspecified atom stereocenters. The van der Waals surface area contributed by atoms with Gasteiger partial charge in [-0.2, -0.15) is 0 Å². The molecule has 0 aromatic rings. The number of hydrogen-bond donors (Lipinski definition) is 0. The molecule has 0 saturated heterocycles. The van der Waals surface area contributed by atoms with Gasteiger partial charge >= 0.3 is 0 Å². The highest BCUT2D eigenvalue weighted by Crippen LogP contribution is 2.22. The number of methoxy groups -OCH3 is 1. The second-order valence-corrected chi connectivity index (χ2v) is 3.33. The second-order valence-electron chi connectivity index (χ2n) is 1.63. The molecule has 0 radical (unpaired) electrons. The Morgan fingerprint density at radius 3 is 2.56 bits per heavy atom. The summed E-state index contributed by atoms with van der Waals surface area (Å²) in [6.07, 6.45) is 0.443. The predicted molar refractivity (Wildman–Crippen MR) is 36.2 cm³/mol. The number of carbonyl (C=O) groups is 1. The van der Waals surface area contributed by atoms with Crippen LogP contribution in [0.25, 0.3) is 0 Å². The van der Waals surface area contributed by atoms with E-state index in [9.17, 15) is 9.36 Å². The van der Waals surface area contributed by atoms with E-state index < -0.39 is 7.80 Å². The Morgan fingerprint density at radius 2 is 2.22 bits per heavy atom. The maximum absolute atomic E-state index is 10.7. The minimum Gasteiger partial charge on any atom is -0.377 e. The number of hydrogen-bond acceptors (Lipinski definition) is 3. The molecule has 0 heterocycles. The molecule has 9 heavy (non-hydrogen) atoms. The smallest absolute Gasteiger partial charge is 0.190 e. The lowest BCUT2D eigenvalue weighted by Gasteiger charge is -1.94. The van der Waals surface area contributed by atoms with Crippen molar-refractivity contribution < 1.29 is 14.1 Å². The fourth-order valence-corrected chi connectivity index (χ4v) is 1.23. The minimum absolute atomic E-state index is 0.0946. The van der Waals surface area contributed by atoms with E-state index >= 15 is 0 Å². The van der Waals surface area contributed by atoms with Gasteiger partial charge in [0.05, 0.1) is 0 Å². The van der Waals surface area contributed by atoms with E-state index in [1.807, 2.05) is 0 Å². The van der Waals surface area contributed by atoms with Gasteiger partial charge in [-0.15, -0.1) is 0 Å². The van der Waals surface area contributed by atoms with E-state index in [0.717, 1.165) is 0 Å². The molecule has 0 rings (SSSR count). The Labute approximate surface area is 55.2 Å². The molecule has 3 nitrogen and oxygen atoms in total. The van der Waals surface area contributed by atoms with Crippen molar-refractivity contribution in [3.63, 3.8) is 0 Å². The molecule has 54 valence electrons. The van der Waals surface area contributed by atoms with Crippen molar-refractivity contribution in [1.82, 2.24) is 0 Å².